The third kappa shape index (κ3) is 2.99. The zero-order valence-electron chi connectivity index (χ0n) is 14.7. The third-order valence-corrected chi connectivity index (χ3v) is 5.63. The number of rotatable bonds is 1. The first-order valence-corrected chi connectivity index (χ1v) is 9.42. The minimum atomic E-state index is -0.392. The highest BCUT2D eigenvalue weighted by molar-refractivity contribution is 7.80. The van der Waals surface area contributed by atoms with Crippen LogP contribution in [0.5, 0.6) is 11.5 Å². The quantitative estimate of drug-likeness (QED) is 0.632. The third-order valence-electron chi connectivity index (χ3n) is 5.08. The number of phenols is 1. The van der Waals surface area contributed by atoms with Crippen molar-refractivity contribution >= 4 is 28.9 Å². The van der Waals surface area contributed by atoms with E-state index >= 15 is 0 Å². The number of hydrogen-bond donors (Lipinski definition) is 3. The topological polar surface area (TPSA) is 53.5 Å². The van der Waals surface area contributed by atoms with Crippen molar-refractivity contribution in [1.82, 2.24) is 10.6 Å². The monoisotopic (exact) mass is 388 g/mol. The van der Waals surface area contributed by atoms with Gasteiger partial charge in [0.2, 0.25) is 0 Å². The van der Waals surface area contributed by atoms with E-state index in [-0.39, 0.29) is 17.4 Å². The highest BCUT2D eigenvalue weighted by Gasteiger charge is 2.49. The van der Waals surface area contributed by atoms with Crippen LogP contribution in [-0.2, 0) is 5.54 Å². The number of ether oxygens (including phenoxy) is 1. The maximum Gasteiger partial charge on any atom is 0.167 e. The van der Waals surface area contributed by atoms with E-state index in [1.54, 1.807) is 12.1 Å². The number of hydrogen-bond acceptors (Lipinski definition) is 3. The zero-order valence-corrected chi connectivity index (χ0v) is 16.2. The summed E-state index contributed by atoms with van der Waals surface area (Å²) in [6, 6.07) is 13.0. The molecule has 2 atom stereocenters. The van der Waals surface area contributed by atoms with Gasteiger partial charge in [-0.1, -0.05) is 29.8 Å². The first-order chi connectivity index (χ1) is 12.3. The minimum absolute atomic E-state index is 0.167. The van der Waals surface area contributed by atoms with Crippen LogP contribution in [0.2, 0.25) is 5.02 Å². The lowest BCUT2D eigenvalue weighted by Gasteiger charge is -2.51. The second-order valence-corrected chi connectivity index (χ2v) is 8.55. The fourth-order valence-electron chi connectivity index (χ4n) is 4.22. The lowest BCUT2D eigenvalue weighted by atomic mass is 9.72. The molecule has 0 unspecified atom stereocenters. The molecule has 4 nitrogen and oxygen atoms in total. The van der Waals surface area contributed by atoms with Crippen molar-refractivity contribution in [1.29, 1.82) is 0 Å². The molecule has 1 spiro atoms. The SMILES string of the molecule is CC1(C)C[C@@]2(C[C@@H](c3ccccc3Cl)Oc3cc(O)ccc32)NC(=S)N1. The Morgan fingerprint density at radius 3 is 2.69 bits per heavy atom. The molecule has 0 amide bonds. The van der Waals surface area contributed by atoms with Gasteiger partial charge in [0.1, 0.15) is 17.6 Å². The molecule has 0 saturated carbocycles. The van der Waals surface area contributed by atoms with Crippen molar-refractivity contribution in [2.24, 2.45) is 0 Å². The van der Waals surface area contributed by atoms with Crippen molar-refractivity contribution in [3.63, 3.8) is 0 Å². The van der Waals surface area contributed by atoms with Gasteiger partial charge in [-0.05, 0) is 50.7 Å². The lowest BCUT2D eigenvalue weighted by molar-refractivity contribution is 0.0870. The van der Waals surface area contributed by atoms with Crippen LogP contribution in [0, 0.1) is 0 Å². The van der Waals surface area contributed by atoms with E-state index in [2.05, 4.69) is 24.5 Å². The summed E-state index contributed by atoms with van der Waals surface area (Å²) in [5.41, 5.74) is 1.39. The van der Waals surface area contributed by atoms with Crippen molar-refractivity contribution in [3.05, 3.63) is 58.6 Å². The number of thiocarbonyl (C=S) groups is 1. The summed E-state index contributed by atoms with van der Waals surface area (Å²) in [5.74, 6) is 0.837. The molecule has 1 saturated heterocycles. The Balaban J connectivity index is 1.85. The van der Waals surface area contributed by atoms with Crippen molar-refractivity contribution in [3.8, 4) is 11.5 Å². The van der Waals surface area contributed by atoms with E-state index in [1.165, 1.54) is 0 Å². The zero-order chi connectivity index (χ0) is 18.5. The molecule has 2 aromatic rings. The Labute approximate surface area is 163 Å². The van der Waals surface area contributed by atoms with Crippen LogP contribution >= 0.6 is 23.8 Å². The number of halogens is 1. The van der Waals surface area contributed by atoms with Crippen LogP contribution in [0.3, 0.4) is 0 Å². The van der Waals surface area contributed by atoms with Crippen molar-refractivity contribution in [2.75, 3.05) is 0 Å². The molecule has 26 heavy (non-hydrogen) atoms. The van der Waals surface area contributed by atoms with E-state index in [9.17, 15) is 5.11 Å². The second kappa shape index (κ2) is 6.03. The predicted octanol–water partition coefficient (Wildman–Crippen LogP) is 4.41. The van der Waals surface area contributed by atoms with E-state index < -0.39 is 5.54 Å². The van der Waals surface area contributed by atoms with Crippen LogP contribution in [-0.4, -0.2) is 15.8 Å². The van der Waals surface area contributed by atoms with Gasteiger partial charge in [-0.3, -0.25) is 0 Å². The number of nitrogens with one attached hydrogen (secondary N) is 2. The van der Waals surface area contributed by atoms with E-state index in [1.807, 2.05) is 30.3 Å². The molecule has 0 aliphatic carbocycles. The fourth-order valence-corrected chi connectivity index (χ4v) is 4.95. The first kappa shape index (κ1) is 17.4. The summed E-state index contributed by atoms with van der Waals surface area (Å²) in [4.78, 5) is 0. The molecular formula is C20H21ClN2O2S. The van der Waals surface area contributed by atoms with Gasteiger partial charge in [0.05, 0.1) is 5.54 Å². The van der Waals surface area contributed by atoms with Crippen LogP contribution < -0.4 is 15.4 Å². The largest absolute Gasteiger partial charge is 0.508 e. The Morgan fingerprint density at radius 2 is 1.96 bits per heavy atom. The van der Waals surface area contributed by atoms with Gasteiger partial charge in [0.15, 0.2) is 5.11 Å². The molecule has 0 aromatic heterocycles. The molecule has 3 N–H and O–H groups in total. The number of phenolic OH excluding ortho intramolecular Hbond substituents is 1. The van der Waals surface area contributed by atoms with Gasteiger partial charge in [-0.2, -0.15) is 0 Å². The number of benzene rings is 2. The van der Waals surface area contributed by atoms with Gasteiger partial charge in [0, 0.05) is 34.2 Å². The maximum absolute atomic E-state index is 9.98. The molecule has 2 aromatic carbocycles. The fraction of sp³-hybridized carbons (Fsp3) is 0.350. The molecule has 2 heterocycles. The average molecular weight is 389 g/mol. The van der Waals surface area contributed by atoms with Gasteiger partial charge in [-0.15, -0.1) is 0 Å². The van der Waals surface area contributed by atoms with Gasteiger partial charge in [-0.25, -0.2) is 0 Å². The van der Waals surface area contributed by atoms with Crippen LogP contribution in [0.4, 0.5) is 0 Å². The maximum atomic E-state index is 9.98. The number of fused-ring (bicyclic) bond motifs is 2. The molecule has 2 aliphatic rings. The van der Waals surface area contributed by atoms with Crippen LogP contribution in [0.1, 0.15) is 43.9 Å². The standard InChI is InChI=1S/C20H21ClN2O2S/c1-19(2)11-20(23-18(26)22-19)10-17(13-5-3-4-6-15(13)21)25-16-9-12(24)7-8-14(16)20/h3-9,17,24H,10-11H2,1-2H3,(H2,22,23,26)/t17-,20+/m0/s1. The smallest absolute Gasteiger partial charge is 0.167 e. The molecule has 0 bridgehead atoms. The van der Waals surface area contributed by atoms with Crippen LogP contribution in [0.25, 0.3) is 0 Å². The van der Waals surface area contributed by atoms with Gasteiger partial charge >= 0.3 is 0 Å². The summed E-state index contributed by atoms with van der Waals surface area (Å²) < 4.78 is 6.26. The molecular weight excluding hydrogens is 368 g/mol. The average Bonchev–Trinajstić information content (AvgIpc) is 2.52. The Hall–Kier alpha value is -1.98. The van der Waals surface area contributed by atoms with E-state index in [4.69, 9.17) is 28.6 Å². The highest BCUT2D eigenvalue weighted by atomic mass is 35.5. The normalized spacial score (nSPS) is 26.4. The Kier molecular flexibility index (Phi) is 4.04. The molecule has 4 rings (SSSR count). The van der Waals surface area contributed by atoms with Crippen LogP contribution in [0.15, 0.2) is 42.5 Å². The summed E-state index contributed by atoms with van der Waals surface area (Å²) in [6.07, 6.45) is 1.28. The van der Waals surface area contributed by atoms with E-state index in [0.717, 1.165) is 17.5 Å². The molecule has 2 aliphatic heterocycles. The summed E-state index contributed by atoms with van der Waals surface area (Å²) >= 11 is 11.9. The lowest BCUT2D eigenvalue weighted by Crippen LogP contribution is -2.65. The molecule has 6 heteroatoms. The molecule has 0 radical (unpaired) electrons. The van der Waals surface area contributed by atoms with E-state index in [0.29, 0.717) is 22.3 Å². The minimum Gasteiger partial charge on any atom is -0.508 e. The first-order valence-electron chi connectivity index (χ1n) is 8.63. The summed E-state index contributed by atoms with van der Waals surface area (Å²) in [6.45, 7) is 4.28. The molecule has 136 valence electrons. The van der Waals surface area contributed by atoms with Crippen molar-refractivity contribution < 1.29 is 9.84 Å². The number of aromatic hydroxyl groups is 1. The second-order valence-electron chi connectivity index (χ2n) is 7.73. The van der Waals surface area contributed by atoms with Gasteiger partial charge in [0.25, 0.3) is 0 Å². The summed E-state index contributed by atoms with van der Waals surface area (Å²) in [7, 11) is 0. The van der Waals surface area contributed by atoms with Gasteiger partial charge < -0.3 is 20.5 Å². The summed E-state index contributed by atoms with van der Waals surface area (Å²) in [5, 5.41) is 18.1. The Morgan fingerprint density at radius 1 is 1.19 bits per heavy atom. The molecule has 1 fully saturated rings. The highest BCUT2D eigenvalue weighted by Crippen LogP contribution is 2.50. The Bertz CT molecular complexity index is 886. The predicted molar refractivity (Wildman–Crippen MR) is 107 cm³/mol. The van der Waals surface area contributed by atoms with Crippen molar-refractivity contribution in [2.45, 2.75) is 43.9 Å².